The van der Waals surface area contributed by atoms with Gasteiger partial charge in [-0.1, -0.05) is 0 Å². The molecule has 1 heterocycles. The predicted molar refractivity (Wildman–Crippen MR) is 52.9 cm³/mol. The lowest BCUT2D eigenvalue weighted by Crippen LogP contribution is -2.37. The second kappa shape index (κ2) is 5.32. The average Bonchev–Trinajstić information content (AvgIpc) is 2.65. The monoisotopic (exact) mass is 201 g/mol. The Morgan fingerprint density at radius 1 is 1.71 bits per heavy atom. The zero-order valence-corrected chi connectivity index (χ0v) is 8.90. The minimum atomic E-state index is -0.352. The summed E-state index contributed by atoms with van der Waals surface area (Å²) in [6, 6.07) is 0. The van der Waals surface area contributed by atoms with Crippen LogP contribution in [0.5, 0.6) is 0 Å². The number of ether oxygens (including phenoxy) is 1. The molecule has 1 aliphatic heterocycles. The van der Waals surface area contributed by atoms with E-state index < -0.39 is 0 Å². The Labute approximate surface area is 84.8 Å². The third kappa shape index (κ3) is 3.27. The number of nitrogens with zero attached hydrogens (tertiary/aromatic N) is 1. The Bertz CT molecular complexity index is 188. The van der Waals surface area contributed by atoms with Crippen molar-refractivity contribution in [1.82, 2.24) is 4.90 Å². The first-order valence-corrected chi connectivity index (χ1v) is 5.16. The molecule has 1 unspecified atom stereocenters. The Hall–Kier alpha value is -0.610. The maximum absolute atomic E-state index is 11.7. The van der Waals surface area contributed by atoms with E-state index in [0.29, 0.717) is 19.6 Å². The molecule has 0 aromatic rings. The summed E-state index contributed by atoms with van der Waals surface area (Å²) in [5.74, 6) is 0.0446. The normalized spacial score (nSPS) is 23.5. The number of aliphatic hydroxyl groups is 1. The fourth-order valence-electron chi connectivity index (χ4n) is 1.51. The molecule has 0 radical (unpaired) electrons. The molecule has 1 saturated heterocycles. The molecule has 1 N–H and O–H groups in total. The van der Waals surface area contributed by atoms with Crippen LogP contribution in [0, 0.1) is 0 Å². The molecule has 14 heavy (non-hydrogen) atoms. The van der Waals surface area contributed by atoms with Crippen LogP contribution in [-0.4, -0.2) is 48.3 Å². The van der Waals surface area contributed by atoms with Crippen molar-refractivity contribution in [1.29, 1.82) is 0 Å². The van der Waals surface area contributed by atoms with Crippen molar-refractivity contribution >= 4 is 5.91 Å². The van der Waals surface area contributed by atoms with Crippen LogP contribution in [0.25, 0.3) is 0 Å². The first-order chi connectivity index (χ1) is 6.61. The average molecular weight is 201 g/mol. The van der Waals surface area contributed by atoms with Gasteiger partial charge in [0.2, 0.25) is 0 Å². The van der Waals surface area contributed by atoms with Gasteiger partial charge >= 0.3 is 0 Å². The van der Waals surface area contributed by atoms with Crippen LogP contribution in [0.4, 0.5) is 0 Å². The van der Waals surface area contributed by atoms with Crippen molar-refractivity contribution in [3.63, 3.8) is 0 Å². The summed E-state index contributed by atoms with van der Waals surface area (Å²) in [5.41, 5.74) is 0. The van der Waals surface area contributed by atoms with Crippen LogP contribution in [0.3, 0.4) is 0 Å². The molecule has 0 aliphatic carbocycles. The minimum absolute atomic E-state index is 0.0446. The number of carbonyl (C=O) groups excluding carboxylic acids is 1. The van der Waals surface area contributed by atoms with Gasteiger partial charge in [0.1, 0.15) is 6.10 Å². The van der Waals surface area contributed by atoms with Crippen molar-refractivity contribution in [3.8, 4) is 0 Å². The van der Waals surface area contributed by atoms with E-state index in [1.165, 1.54) is 0 Å². The van der Waals surface area contributed by atoms with E-state index in [0.717, 1.165) is 12.8 Å². The largest absolute Gasteiger partial charge is 0.393 e. The highest BCUT2D eigenvalue weighted by atomic mass is 16.5. The summed E-state index contributed by atoms with van der Waals surface area (Å²) in [4.78, 5) is 13.3. The van der Waals surface area contributed by atoms with Gasteiger partial charge in [-0.2, -0.15) is 0 Å². The van der Waals surface area contributed by atoms with Crippen molar-refractivity contribution in [2.75, 3.05) is 20.2 Å². The van der Waals surface area contributed by atoms with E-state index in [1.807, 2.05) is 0 Å². The molecule has 4 heteroatoms. The molecule has 1 fully saturated rings. The highest BCUT2D eigenvalue weighted by molar-refractivity contribution is 5.80. The molecule has 4 nitrogen and oxygen atoms in total. The number of aliphatic hydroxyl groups excluding tert-OH is 1. The second-order valence-corrected chi connectivity index (χ2v) is 3.90. The summed E-state index contributed by atoms with van der Waals surface area (Å²) in [6.07, 6.45) is 1.83. The maximum atomic E-state index is 11.7. The van der Waals surface area contributed by atoms with Crippen molar-refractivity contribution < 1.29 is 14.6 Å². The third-order valence-electron chi connectivity index (χ3n) is 2.46. The summed E-state index contributed by atoms with van der Waals surface area (Å²) < 4.78 is 5.29. The van der Waals surface area contributed by atoms with Crippen LogP contribution in [0.15, 0.2) is 0 Å². The van der Waals surface area contributed by atoms with Crippen LogP contribution >= 0.6 is 0 Å². The van der Waals surface area contributed by atoms with Gasteiger partial charge in [0, 0.05) is 20.2 Å². The standard InChI is InChI=1S/C10H19NO3/c1-8(12)5-6-11(2)10(13)9-4-3-7-14-9/h8-9,12H,3-7H2,1-2H3/t8?,9-/m1/s1. The SMILES string of the molecule is CC(O)CCN(C)C(=O)[C@H]1CCCO1. The van der Waals surface area contributed by atoms with Crippen LogP contribution in [-0.2, 0) is 9.53 Å². The number of hydrogen-bond donors (Lipinski definition) is 1. The molecule has 2 atom stereocenters. The molecular formula is C10H19NO3. The molecule has 82 valence electrons. The number of amides is 1. The molecule has 0 spiro atoms. The topological polar surface area (TPSA) is 49.8 Å². The smallest absolute Gasteiger partial charge is 0.251 e. The van der Waals surface area contributed by atoms with Gasteiger partial charge in [0.15, 0.2) is 0 Å². The third-order valence-corrected chi connectivity index (χ3v) is 2.46. The minimum Gasteiger partial charge on any atom is -0.393 e. The van der Waals surface area contributed by atoms with Gasteiger partial charge in [0.05, 0.1) is 6.10 Å². The lowest BCUT2D eigenvalue weighted by Gasteiger charge is -2.21. The Morgan fingerprint density at radius 2 is 2.43 bits per heavy atom. The number of rotatable bonds is 4. The number of carbonyl (C=O) groups is 1. The van der Waals surface area contributed by atoms with Gasteiger partial charge in [0.25, 0.3) is 5.91 Å². The fourth-order valence-corrected chi connectivity index (χ4v) is 1.51. The van der Waals surface area contributed by atoms with E-state index in [-0.39, 0.29) is 18.1 Å². The van der Waals surface area contributed by atoms with Crippen molar-refractivity contribution in [3.05, 3.63) is 0 Å². The maximum Gasteiger partial charge on any atom is 0.251 e. The molecule has 0 aromatic carbocycles. The van der Waals surface area contributed by atoms with Gasteiger partial charge < -0.3 is 14.7 Å². The molecule has 0 saturated carbocycles. The summed E-state index contributed by atoms with van der Waals surface area (Å²) in [5, 5.41) is 9.08. The zero-order valence-electron chi connectivity index (χ0n) is 8.90. The quantitative estimate of drug-likeness (QED) is 0.716. The van der Waals surface area contributed by atoms with Crippen LogP contribution < -0.4 is 0 Å². The first-order valence-electron chi connectivity index (χ1n) is 5.16. The summed E-state index contributed by atoms with van der Waals surface area (Å²) in [6.45, 7) is 3.02. The molecule has 1 aliphatic rings. The van der Waals surface area contributed by atoms with Gasteiger partial charge in [-0.25, -0.2) is 0 Å². The molecular weight excluding hydrogens is 182 g/mol. The van der Waals surface area contributed by atoms with Gasteiger partial charge in [-0.15, -0.1) is 0 Å². The van der Waals surface area contributed by atoms with E-state index in [9.17, 15) is 4.79 Å². The number of hydrogen-bond acceptors (Lipinski definition) is 3. The molecule has 1 rings (SSSR count). The lowest BCUT2D eigenvalue weighted by atomic mass is 10.2. The van der Waals surface area contributed by atoms with Crippen molar-refractivity contribution in [2.45, 2.75) is 38.4 Å². The van der Waals surface area contributed by atoms with Gasteiger partial charge in [-0.3, -0.25) is 4.79 Å². The second-order valence-electron chi connectivity index (χ2n) is 3.90. The Morgan fingerprint density at radius 3 is 2.93 bits per heavy atom. The summed E-state index contributed by atoms with van der Waals surface area (Å²) >= 11 is 0. The lowest BCUT2D eigenvalue weighted by molar-refractivity contribution is -0.139. The van der Waals surface area contributed by atoms with E-state index in [1.54, 1.807) is 18.9 Å². The van der Waals surface area contributed by atoms with E-state index in [2.05, 4.69) is 0 Å². The van der Waals surface area contributed by atoms with E-state index in [4.69, 9.17) is 9.84 Å². The molecule has 1 amide bonds. The Balaban J connectivity index is 2.28. The molecule has 0 aromatic heterocycles. The summed E-state index contributed by atoms with van der Waals surface area (Å²) in [7, 11) is 1.76. The molecule has 0 bridgehead atoms. The van der Waals surface area contributed by atoms with Crippen molar-refractivity contribution in [2.24, 2.45) is 0 Å². The van der Waals surface area contributed by atoms with Crippen LogP contribution in [0.2, 0.25) is 0 Å². The number of likely N-dealkylation sites (N-methyl/N-ethyl adjacent to an activating group) is 1. The highest BCUT2D eigenvalue weighted by Gasteiger charge is 2.26. The highest BCUT2D eigenvalue weighted by Crippen LogP contribution is 2.14. The Kier molecular flexibility index (Phi) is 4.35. The van der Waals surface area contributed by atoms with Gasteiger partial charge in [-0.05, 0) is 26.2 Å². The van der Waals surface area contributed by atoms with Crippen LogP contribution in [0.1, 0.15) is 26.2 Å². The fraction of sp³-hybridized carbons (Fsp3) is 0.900. The van der Waals surface area contributed by atoms with E-state index >= 15 is 0 Å². The first kappa shape index (κ1) is 11.5. The predicted octanol–water partition coefficient (Wildman–Crippen LogP) is 0.395. The zero-order chi connectivity index (χ0) is 10.6.